The Labute approximate surface area is 89.6 Å². The number of hydrogen-bond acceptors (Lipinski definition) is 2. The SMILES string of the molecule is CCN(CCOc1ccccc1)C([NH])=O. The Morgan fingerprint density at radius 1 is 1.40 bits per heavy atom. The quantitative estimate of drug-likeness (QED) is 0.739. The maximum atomic E-state index is 10.8. The molecule has 0 aliphatic heterocycles. The van der Waals surface area contributed by atoms with E-state index in [9.17, 15) is 4.79 Å². The number of hydrogen-bond donors (Lipinski definition) is 0. The van der Waals surface area contributed by atoms with Gasteiger partial charge in [0.1, 0.15) is 12.4 Å². The molecule has 0 saturated carbocycles. The first-order valence-electron chi connectivity index (χ1n) is 4.92. The molecule has 2 amide bonds. The molecule has 0 fully saturated rings. The van der Waals surface area contributed by atoms with Gasteiger partial charge >= 0.3 is 6.03 Å². The van der Waals surface area contributed by atoms with E-state index < -0.39 is 6.03 Å². The van der Waals surface area contributed by atoms with Crippen molar-refractivity contribution in [2.45, 2.75) is 6.92 Å². The average Bonchev–Trinajstić information content (AvgIpc) is 2.25. The van der Waals surface area contributed by atoms with Crippen LogP contribution in [-0.4, -0.2) is 30.6 Å². The number of ether oxygens (including phenoxy) is 1. The molecule has 1 rings (SSSR count). The molecule has 0 aliphatic carbocycles. The van der Waals surface area contributed by atoms with Gasteiger partial charge in [0.25, 0.3) is 0 Å². The van der Waals surface area contributed by atoms with E-state index in [2.05, 4.69) is 0 Å². The fourth-order valence-electron chi connectivity index (χ4n) is 1.19. The minimum absolute atomic E-state index is 0.419. The molecule has 0 atom stereocenters. The molecule has 0 aliphatic rings. The van der Waals surface area contributed by atoms with Crippen LogP contribution in [0.4, 0.5) is 4.79 Å². The van der Waals surface area contributed by atoms with Gasteiger partial charge in [-0.25, -0.2) is 10.5 Å². The largest absolute Gasteiger partial charge is 0.492 e. The highest BCUT2D eigenvalue weighted by atomic mass is 16.5. The van der Waals surface area contributed by atoms with Gasteiger partial charge in [-0.3, -0.25) is 0 Å². The van der Waals surface area contributed by atoms with Crippen molar-refractivity contribution in [2.24, 2.45) is 0 Å². The van der Waals surface area contributed by atoms with Gasteiger partial charge in [-0.15, -0.1) is 0 Å². The lowest BCUT2D eigenvalue weighted by Crippen LogP contribution is -2.33. The Hall–Kier alpha value is -1.71. The molecule has 4 heteroatoms. The van der Waals surface area contributed by atoms with Gasteiger partial charge in [0.2, 0.25) is 0 Å². The fourth-order valence-corrected chi connectivity index (χ4v) is 1.19. The second-order valence-corrected chi connectivity index (χ2v) is 3.05. The molecule has 1 radical (unpaired) electrons. The van der Waals surface area contributed by atoms with E-state index in [0.717, 1.165) is 5.75 Å². The van der Waals surface area contributed by atoms with Crippen LogP contribution in [0.1, 0.15) is 6.92 Å². The van der Waals surface area contributed by atoms with Crippen LogP contribution >= 0.6 is 0 Å². The maximum absolute atomic E-state index is 10.8. The van der Waals surface area contributed by atoms with Gasteiger partial charge in [0.15, 0.2) is 0 Å². The summed E-state index contributed by atoms with van der Waals surface area (Å²) < 4.78 is 5.41. The topological polar surface area (TPSA) is 53.3 Å². The number of rotatable bonds is 5. The van der Waals surface area contributed by atoms with Gasteiger partial charge in [-0.05, 0) is 19.1 Å². The number of para-hydroxylation sites is 1. The number of nitrogens with zero attached hydrogens (tertiary/aromatic N) is 1. The molecule has 15 heavy (non-hydrogen) atoms. The fraction of sp³-hybridized carbons (Fsp3) is 0.364. The third-order valence-electron chi connectivity index (χ3n) is 2.04. The van der Waals surface area contributed by atoms with Crippen LogP contribution in [0.5, 0.6) is 5.75 Å². The summed E-state index contributed by atoms with van der Waals surface area (Å²) in [4.78, 5) is 12.2. The molecular weight excluding hydrogens is 192 g/mol. The predicted octanol–water partition coefficient (Wildman–Crippen LogP) is 1.79. The Kier molecular flexibility index (Phi) is 4.47. The molecule has 0 aromatic heterocycles. The second-order valence-electron chi connectivity index (χ2n) is 3.05. The standard InChI is InChI=1S/C11H15N2O2/c1-2-13(11(12)14)8-9-15-10-6-4-3-5-7-10/h3-7,12H,2,8-9H2,1H3. The highest BCUT2D eigenvalue weighted by Crippen LogP contribution is 2.07. The summed E-state index contributed by atoms with van der Waals surface area (Å²) in [6.45, 7) is 3.26. The zero-order chi connectivity index (χ0) is 11.1. The summed E-state index contributed by atoms with van der Waals surface area (Å²) in [5.41, 5.74) is 6.95. The lowest BCUT2D eigenvalue weighted by molar-refractivity contribution is 0.193. The van der Waals surface area contributed by atoms with Crippen LogP contribution in [0.3, 0.4) is 0 Å². The van der Waals surface area contributed by atoms with Gasteiger partial charge in [-0.2, -0.15) is 0 Å². The molecule has 4 nitrogen and oxygen atoms in total. The van der Waals surface area contributed by atoms with Crippen LogP contribution in [0, 0.1) is 0 Å². The summed E-state index contributed by atoms with van der Waals surface area (Å²) in [6.07, 6.45) is 0. The smallest absolute Gasteiger partial charge is 0.336 e. The highest BCUT2D eigenvalue weighted by Gasteiger charge is 2.06. The van der Waals surface area contributed by atoms with Crippen molar-refractivity contribution in [3.63, 3.8) is 0 Å². The van der Waals surface area contributed by atoms with Crippen molar-refractivity contribution < 1.29 is 9.53 Å². The highest BCUT2D eigenvalue weighted by molar-refractivity contribution is 5.71. The second kappa shape index (κ2) is 5.90. The lowest BCUT2D eigenvalue weighted by Gasteiger charge is -2.17. The van der Waals surface area contributed by atoms with Gasteiger partial charge < -0.3 is 9.64 Å². The third-order valence-corrected chi connectivity index (χ3v) is 2.04. The lowest BCUT2D eigenvalue weighted by atomic mass is 10.3. The Morgan fingerprint density at radius 3 is 2.60 bits per heavy atom. The average molecular weight is 207 g/mol. The van der Waals surface area contributed by atoms with Crippen molar-refractivity contribution in [3.05, 3.63) is 30.3 Å². The Bertz CT molecular complexity index is 301. The zero-order valence-corrected chi connectivity index (χ0v) is 8.77. The number of urea groups is 1. The van der Waals surface area contributed by atoms with Crippen LogP contribution in [-0.2, 0) is 0 Å². The molecule has 0 heterocycles. The van der Waals surface area contributed by atoms with E-state index in [0.29, 0.717) is 19.7 Å². The first-order chi connectivity index (χ1) is 7.24. The normalized spacial score (nSPS) is 9.67. The number of likely N-dealkylation sites (N-methyl/N-ethyl adjacent to an activating group) is 1. The molecule has 0 bridgehead atoms. The monoisotopic (exact) mass is 207 g/mol. The van der Waals surface area contributed by atoms with E-state index in [1.807, 2.05) is 37.3 Å². The van der Waals surface area contributed by atoms with Gasteiger partial charge in [0, 0.05) is 6.54 Å². The molecule has 0 unspecified atom stereocenters. The summed E-state index contributed by atoms with van der Waals surface area (Å²) in [6, 6.07) is 8.76. The van der Waals surface area contributed by atoms with Crippen LogP contribution in [0.2, 0.25) is 0 Å². The number of carbonyl (C=O) groups is 1. The molecule has 1 aromatic rings. The van der Waals surface area contributed by atoms with Gasteiger partial charge in [-0.1, -0.05) is 18.2 Å². The predicted molar refractivity (Wildman–Crippen MR) is 57.7 cm³/mol. The van der Waals surface area contributed by atoms with Gasteiger partial charge in [0.05, 0.1) is 6.54 Å². The van der Waals surface area contributed by atoms with Crippen molar-refractivity contribution in [1.82, 2.24) is 10.6 Å². The Balaban J connectivity index is 2.30. The molecule has 0 spiro atoms. The van der Waals surface area contributed by atoms with E-state index >= 15 is 0 Å². The molecule has 0 saturated heterocycles. The molecule has 81 valence electrons. The third kappa shape index (κ3) is 3.89. The molecule has 1 aromatic carbocycles. The van der Waals surface area contributed by atoms with Crippen molar-refractivity contribution in [1.29, 1.82) is 0 Å². The van der Waals surface area contributed by atoms with Crippen LogP contribution in [0.15, 0.2) is 30.3 Å². The minimum Gasteiger partial charge on any atom is -0.492 e. The molecular formula is C11H15N2O2. The van der Waals surface area contributed by atoms with E-state index in [-0.39, 0.29) is 0 Å². The number of carbonyl (C=O) groups excluding carboxylic acids is 1. The van der Waals surface area contributed by atoms with Crippen molar-refractivity contribution >= 4 is 6.03 Å². The van der Waals surface area contributed by atoms with Crippen LogP contribution in [0.25, 0.3) is 0 Å². The van der Waals surface area contributed by atoms with E-state index in [1.54, 1.807) is 0 Å². The molecule has 1 N–H and O–H groups in total. The Morgan fingerprint density at radius 2 is 2.07 bits per heavy atom. The minimum atomic E-state index is -0.658. The summed E-state index contributed by atoms with van der Waals surface area (Å²) in [7, 11) is 0. The van der Waals surface area contributed by atoms with E-state index in [1.165, 1.54) is 4.90 Å². The zero-order valence-electron chi connectivity index (χ0n) is 8.77. The number of nitrogens with one attached hydrogen (secondary N) is 1. The van der Waals surface area contributed by atoms with Crippen molar-refractivity contribution in [2.75, 3.05) is 19.7 Å². The summed E-state index contributed by atoms with van der Waals surface area (Å²) >= 11 is 0. The number of amides is 2. The van der Waals surface area contributed by atoms with Crippen LogP contribution < -0.4 is 10.5 Å². The maximum Gasteiger partial charge on any atom is 0.336 e. The summed E-state index contributed by atoms with van der Waals surface area (Å²) in [5.74, 6) is 0.783. The van der Waals surface area contributed by atoms with Crippen molar-refractivity contribution in [3.8, 4) is 5.75 Å². The first-order valence-corrected chi connectivity index (χ1v) is 4.92. The first kappa shape index (κ1) is 11.4. The van der Waals surface area contributed by atoms with E-state index in [4.69, 9.17) is 10.5 Å². The number of benzene rings is 1. The summed E-state index contributed by atoms with van der Waals surface area (Å²) in [5, 5.41) is 0.